The van der Waals surface area contributed by atoms with Crippen LogP contribution in [-0.2, 0) is 13.6 Å². The molecule has 0 rings (SSSR count). The molecule has 0 aromatic rings. The van der Waals surface area contributed by atoms with Crippen LogP contribution in [0.2, 0.25) is 0 Å². The van der Waals surface area contributed by atoms with Crippen molar-refractivity contribution in [1.29, 1.82) is 0 Å². The van der Waals surface area contributed by atoms with Crippen LogP contribution in [0, 0.1) is 41.7 Å². The normalized spacial score (nSPS) is 11.1. The van der Waals surface area contributed by atoms with Gasteiger partial charge in [-0.1, -0.05) is 26.7 Å². The Balaban J connectivity index is 0. The summed E-state index contributed by atoms with van der Waals surface area (Å²) in [5.74, 6) is 0. The number of phosphoric ester groups is 1. The molecule has 14 heavy (non-hydrogen) atoms. The van der Waals surface area contributed by atoms with Crippen LogP contribution in [0.1, 0.15) is 39.5 Å². The second-order valence-electron chi connectivity index (χ2n) is 2.82. The third-order valence-electron chi connectivity index (χ3n) is 1.49. The third-order valence-corrected chi connectivity index (χ3v) is 2.49. The number of hydrogen-bond acceptors (Lipinski definition) is 4. The Morgan fingerprint density at radius 1 is 1.07 bits per heavy atom. The predicted octanol–water partition coefficient (Wildman–Crippen LogP) is 2.09. The number of phosphoric acid groups is 1. The molecule has 0 saturated carbocycles. The van der Waals surface area contributed by atoms with E-state index >= 15 is 0 Å². The average Bonchev–Trinajstić information content (AvgIpc) is 2.05. The largest absolute Gasteiger partial charge is 0.756 e. The van der Waals surface area contributed by atoms with Gasteiger partial charge in [0.1, 0.15) is 0 Å². The van der Waals surface area contributed by atoms with Crippen LogP contribution in [-0.4, -0.2) is 13.2 Å². The fourth-order valence-electron chi connectivity index (χ4n) is 0.679. The molecule has 0 N–H and O–H groups in total. The summed E-state index contributed by atoms with van der Waals surface area (Å²) in [5.41, 5.74) is 0. The van der Waals surface area contributed by atoms with Gasteiger partial charge in [0.15, 0.2) is 0 Å². The van der Waals surface area contributed by atoms with E-state index in [9.17, 15) is 9.46 Å². The maximum Gasteiger partial charge on any atom is 0.267 e. The molecule has 0 bridgehead atoms. The maximum atomic E-state index is 11.0. The Hall–Kier alpha value is 1.49. The van der Waals surface area contributed by atoms with Gasteiger partial charge in [-0.15, -0.1) is 0 Å². The molecule has 4 nitrogen and oxygen atoms in total. The van der Waals surface area contributed by atoms with Crippen LogP contribution in [0.15, 0.2) is 0 Å². The summed E-state index contributed by atoms with van der Waals surface area (Å²) < 4.78 is 20.2. The standard InChI is InChI=1S/C8H19O4P.Ce/c1-3-5-7-11-13(9,10)12-8-6-4-2;/h3-8H2,1-2H3,(H,9,10);/p-1. The molecule has 0 unspecified atom stereocenters. The van der Waals surface area contributed by atoms with E-state index < -0.39 is 7.82 Å². The first-order chi connectivity index (χ1) is 6.12. The van der Waals surface area contributed by atoms with E-state index in [1.54, 1.807) is 0 Å². The van der Waals surface area contributed by atoms with Crippen LogP contribution in [0.4, 0.5) is 0 Å². The van der Waals surface area contributed by atoms with E-state index in [0.717, 1.165) is 25.7 Å². The van der Waals surface area contributed by atoms with Crippen LogP contribution >= 0.6 is 7.82 Å². The minimum atomic E-state index is -4.00. The van der Waals surface area contributed by atoms with Crippen molar-refractivity contribution in [2.75, 3.05) is 13.2 Å². The van der Waals surface area contributed by atoms with E-state index in [1.165, 1.54) is 0 Å². The van der Waals surface area contributed by atoms with Crippen molar-refractivity contribution in [3.8, 4) is 0 Å². The third kappa shape index (κ3) is 11.6. The van der Waals surface area contributed by atoms with Gasteiger partial charge in [0.05, 0.1) is 13.2 Å². The number of unbranched alkanes of at least 4 members (excludes halogenated alkanes) is 2. The Morgan fingerprint density at radius 2 is 1.43 bits per heavy atom. The molecule has 0 amide bonds. The van der Waals surface area contributed by atoms with Gasteiger partial charge < -0.3 is 13.9 Å². The first-order valence-electron chi connectivity index (χ1n) is 4.72. The molecule has 0 saturated heterocycles. The van der Waals surface area contributed by atoms with Crippen LogP contribution in [0.25, 0.3) is 0 Å². The van der Waals surface area contributed by atoms with Crippen LogP contribution in [0.5, 0.6) is 0 Å². The van der Waals surface area contributed by atoms with E-state index in [1.807, 2.05) is 13.8 Å². The van der Waals surface area contributed by atoms with Gasteiger partial charge in [0.25, 0.3) is 7.82 Å². The molecule has 6 heteroatoms. The summed E-state index contributed by atoms with van der Waals surface area (Å²) in [6, 6.07) is 0. The second kappa shape index (κ2) is 11.0. The molecule has 0 spiro atoms. The predicted molar refractivity (Wildman–Crippen MR) is 49.3 cm³/mol. The first-order valence-corrected chi connectivity index (χ1v) is 6.18. The van der Waals surface area contributed by atoms with Gasteiger partial charge in [-0.2, -0.15) is 0 Å². The Bertz CT molecular complexity index is 151. The molecular formula is C8H18CeO4P-. The van der Waals surface area contributed by atoms with Crippen molar-refractivity contribution in [2.24, 2.45) is 0 Å². The van der Waals surface area contributed by atoms with Crippen LogP contribution in [0.3, 0.4) is 0 Å². The van der Waals surface area contributed by atoms with Gasteiger partial charge >= 0.3 is 0 Å². The SMILES string of the molecule is CCCCOP(=O)([O-])OCCCC.[Ce]. The van der Waals surface area contributed by atoms with Crippen molar-refractivity contribution in [3.05, 3.63) is 0 Å². The average molecular weight is 349 g/mol. The zero-order valence-corrected chi connectivity index (χ0v) is 12.9. The molecule has 0 aromatic heterocycles. The molecule has 0 heterocycles. The van der Waals surface area contributed by atoms with Crippen molar-refractivity contribution in [1.82, 2.24) is 0 Å². The molecule has 0 atom stereocenters. The summed E-state index contributed by atoms with van der Waals surface area (Å²) in [5, 5.41) is 0. The van der Waals surface area contributed by atoms with Gasteiger partial charge in [0, 0.05) is 41.7 Å². The molecular weight excluding hydrogens is 331 g/mol. The summed E-state index contributed by atoms with van der Waals surface area (Å²) in [7, 11) is -4.00. The summed E-state index contributed by atoms with van der Waals surface area (Å²) in [6.45, 7) is 4.39. The smallest absolute Gasteiger partial charge is 0.267 e. The fourth-order valence-corrected chi connectivity index (χ4v) is 1.46. The molecule has 0 aliphatic carbocycles. The molecule has 0 fully saturated rings. The Kier molecular flexibility index (Phi) is 14.0. The zero-order valence-electron chi connectivity index (χ0n) is 8.82. The Labute approximate surface area is 120 Å². The quantitative estimate of drug-likeness (QED) is 0.497. The maximum absolute atomic E-state index is 11.0. The minimum absolute atomic E-state index is 0. The Morgan fingerprint density at radius 3 is 1.71 bits per heavy atom. The van der Waals surface area contributed by atoms with Crippen molar-refractivity contribution in [3.63, 3.8) is 0 Å². The van der Waals surface area contributed by atoms with Crippen molar-refractivity contribution in [2.45, 2.75) is 39.5 Å². The van der Waals surface area contributed by atoms with Gasteiger partial charge in [-0.25, -0.2) is 0 Å². The topological polar surface area (TPSA) is 58.6 Å². The summed E-state index contributed by atoms with van der Waals surface area (Å²) >= 11 is 0. The van der Waals surface area contributed by atoms with Gasteiger partial charge in [0.2, 0.25) is 0 Å². The van der Waals surface area contributed by atoms with E-state index in [0.29, 0.717) is 0 Å². The molecule has 84 valence electrons. The number of hydrogen-bond donors (Lipinski definition) is 0. The molecule has 0 radical (unpaired) electrons. The minimum Gasteiger partial charge on any atom is -0.756 e. The van der Waals surface area contributed by atoms with Crippen molar-refractivity contribution < 1.29 is 60.3 Å². The van der Waals surface area contributed by atoms with Crippen molar-refractivity contribution >= 4 is 7.82 Å². The fraction of sp³-hybridized carbons (Fsp3) is 1.00. The molecule has 0 aliphatic rings. The summed E-state index contributed by atoms with van der Waals surface area (Å²) in [4.78, 5) is 11.0. The van der Waals surface area contributed by atoms with E-state index in [-0.39, 0.29) is 55.0 Å². The zero-order chi connectivity index (χ0) is 10.2. The number of rotatable bonds is 8. The molecule has 0 aromatic carbocycles. The van der Waals surface area contributed by atoms with E-state index in [4.69, 9.17) is 0 Å². The van der Waals surface area contributed by atoms with Gasteiger partial charge in [-0.05, 0) is 12.8 Å². The van der Waals surface area contributed by atoms with Gasteiger partial charge in [-0.3, -0.25) is 4.57 Å². The second-order valence-corrected chi connectivity index (χ2v) is 4.23. The summed E-state index contributed by atoms with van der Waals surface area (Å²) in [6.07, 6.45) is 3.30. The van der Waals surface area contributed by atoms with E-state index in [2.05, 4.69) is 9.05 Å². The monoisotopic (exact) mass is 349 g/mol. The molecule has 0 aliphatic heterocycles. The van der Waals surface area contributed by atoms with Crippen LogP contribution < -0.4 is 4.89 Å². The first kappa shape index (κ1) is 17.9.